The Morgan fingerprint density at radius 1 is 1.53 bits per heavy atom. The molecule has 1 aliphatic rings. The minimum atomic E-state index is 0.511. The van der Waals surface area contributed by atoms with Crippen LogP contribution in [0, 0.1) is 0 Å². The molecule has 0 saturated carbocycles. The maximum absolute atomic E-state index is 4.54. The number of nitrogens with zero attached hydrogens (tertiary/aromatic N) is 2. The van der Waals surface area contributed by atoms with E-state index in [4.69, 9.17) is 0 Å². The largest absolute Gasteiger partial charge is 0.370 e. The third-order valence-electron chi connectivity index (χ3n) is 2.50. The Labute approximate surface area is 95.1 Å². The van der Waals surface area contributed by atoms with Gasteiger partial charge in [-0.2, -0.15) is 11.8 Å². The highest BCUT2D eigenvalue weighted by Crippen LogP contribution is 2.36. The van der Waals surface area contributed by atoms with Gasteiger partial charge in [0.2, 0.25) is 0 Å². The molecule has 1 saturated heterocycles. The van der Waals surface area contributed by atoms with Gasteiger partial charge < -0.3 is 5.32 Å². The van der Waals surface area contributed by atoms with Gasteiger partial charge in [0, 0.05) is 12.7 Å². The molecule has 2 rings (SSSR count). The van der Waals surface area contributed by atoms with Gasteiger partial charge in [-0.05, 0) is 31.6 Å². The number of anilines is 1. The van der Waals surface area contributed by atoms with Gasteiger partial charge in [0.15, 0.2) is 0 Å². The average molecular weight is 223 g/mol. The van der Waals surface area contributed by atoms with Crippen LogP contribution in [-0.2, 0) is 0 Å². The molecule has 0 spiro atoms. The first-order chi connectivity index (χ1) is 7.40. The Balaban J connectivity index is 2.09. The molecule has 4 heteroatoms. The summed E-state index contributed by atoms with van der Waals surface area (Å²) >= 11 is 1.99. The molecule has 2 heterocycles. The second-order valence-electron chi connectivity index (χ2n) is 3.69. The maximum Gasteiger partial charge on any atom is 0.143 e. The Morgan fingerprint density at radius 3 is 3.20 bits per heavy atom. The van der Waals surface area contributed by atoms with Crippen molar-refractivity contribution in [2.24, 2.45) is 0 Å². The van der Waals surface area contributed by atoms with Gasteiger partial charge in [0.05, 0.1) is 5.25 Å². The van der Waals surface area contributed by atoms with Gasteiger partial charge in [-0.25, -0.2) is 9.97 Å². The summed E-state index contributed by atoms with van der Waals surface area (Å²) < 4.78 is 0. The molecule has 1 atom stereocenters. The van der Waals surface area contributed by atoms with Crippen molar-refractivity contribution in [3.05, 3.63) is 18.1 Å². The standard InChI is InChI=1S/C11H17N3S/c1-2-12-10-6-7-13-11(14-10)9-5-3-4-8-15-9/h6-7,9H,2-5,8H2,1H3,(H,12,13,14). The van der Waals surface area contributed by atoms with Crippen LogP contribution in [-0.4, -0.2) is 22.3 Å². The molecule has 0 radical (unpaired) electrons. The van der Waals surface area contributed by atoms with Gasteiger partial charge in [-0.1, -0.05) is 6.42 Å². The highest BCUT2D eigenvalue weighted by Gasteiger charge is 2.18. The zero-order valence-corrected chi connectivity index (χ0v) is 9.89. The molecule has 15 heavy (non-hydrogen) atoms. The van der Waals surface area contributed by atoms with Crippen molar-refractivity contribution in [3.8, 4) is 0 Å². The van der Waals surface area contributed by atoms with Crippen LogP contribution in [0.1, 0.15) is 37.3 Å². The van der Waals surface area contributed by atoms with Gasteiger partial charge >= 0.3 is 0 Å². The van der Waals surface area contributed by atoms with E-state index in [1.165, 1.54) is 25.0 Å². The predicted octanol–water partition coefficient (Wildman–Crippen LogP) is 2.87. The van der Waals surface area contributed by atoms with Crippen molar-refractivity contribution >= 4 is 17.6 Å². The summed E-state index contributed by atoms with van der Waals surface area (Å²) in [6.45, 7) is 2.99. The second-order valence-corrected chi connectivity index (χ2v) is 5.00. The molecule has 1 fully saturated rings. The first kappa shape index (κ1) is 10.7. The molecule has 1 unspecified atom stereocenters. The van der Waals surface area contributed by atoms with E-state index in [1.807, 2.05) is 24.0 Å². The molecular formula is C11H17N3S. The molecule has 1 aromatic heterocycles. The van der Waals surface area contributed by atoms with Gasteiger partial charge in [0.25, 0.3) is 0 Å². The van der Waals surface area contributed by atoms with Crippen LogP contribution in [0.4, 0.5) is 5.82 Å². The van der Waals surface area contributed by atoms with Crippen LogP contribution < -0.4 is 5.32 Å². The quantitative estimate of drug-likeness (QED) is 0.855. The van der Waals surface area contributed by atoms with Crippen LogP contribution in [0.25, 0.3) is 0 Å². The summed E-state index contributed by atoms with van der Waals surface area (Å²) in [5, 5.41) is 3.74. The number of thioether (sulfide) groups is 1. The lowest BCUT2D eigenvalue weighted by Crippen LogP contribution is -2.08. The maximum atomic E-state index is 4.54. The fraction of sp³-hybridized carbons (Fsp3) is 0.636. The molecule has 1 aromatic rings. The second kappa shape index (κ2) is 5.35. The van der Waals surface area contributed by atoms with Crippen molar-refractivity contribution in [3.63, 3.8) is 0 Å². The number of rotatable bonds is 3. The van der Waals surface area contributed by atoms with Crippen molar-refractivity contribution < 1.29 is 0 Å². The molecule has 1 aliphatic heterocycles. The molecule has 82 valence electrons. The van der Waals surface area contributed by atoms with Crippen LogP contribution in [0.3, 0.4) is 0 Å². The van der Waals surface area contributed by atoms with E-state index in [2.05, 4.69) is 22.2 Å². The Hall–Kier alpha value is -0.770. The summed E-state index contributed by atoms with van der Waals surface area (Å²) in [4.78, 5) is 8.92. The van der Waals surface area contributed by atoms with Gasteiger partial charge in [0.1, 0.15) is 11.6 Å². The van der Waals surface area contributed by atoms with Gasteiger partial charge in [-0.15, -0.1) is 0 Å². The predicted molar refractivity (Wildman–Crippen MR) is 65.2 cm³/mol. The molecule has 0 amide bonds. The van der Waals surface area contributed by atoms with Crippen LogP contribution in [0.5, 0.6) is 0 Å². The lowest BCUT2D eigenvalue weighted by atomic mass is 10.2. The van der Waals surface area contributed by atoms with Gasteiger partial charge in [-0.3, -0.25) is 0 Å². The zero-order chi connectivity index (χ0) is 10.5. The third kappa shape index (κ3) is 2.84. The van der Waals surface area contributed by atoms with Crippen LogP contribution >= 0.6 is 11.8 Å². The highest BCUT2D eigenvalue weighted by molar-refractivity contribution is 7.99. The Kier molecular flexibility index (Phi) is 3.83. The molecule has 3 nitrogen and oxygen atoms in total. The van der Waals surface area contributed by atoms with Crippen LogP contribution in [0.2, 0.25) is 0 Å². The van der Waals surface area contributed by atoms with E-state index in [9.17, 15) is 0 Å². The first-order valence-corrected chi connectivity index (χ1v) is 6.63. The number of hydrogen-bond donors (Lipinski definition) is 1. The lowest BCUT2D eigenvalue weighted by molar-refractivity contribution is 0.662. The summed E-state index contributed by atoms with van der Waals surface area (Å²) in [6, 6.07) is 1.93. The lowest BCUT2D eigenvalue weighted by Gasteiger charge is -2.20. The minimum Gasteiger partial charge on any atom is -0.370 e. The number of aromatic nitrogens is 2. The van der Waals surface area contributed by atoms with E-state index < -0.39 is 0 Å². The molecule has 0 aromatic carbocycles. The molecular weight excluding hydrogens is 206 g/mol. The third-order valence-corrected chi connectivity index (χ3v) is 3.87. The fourth-order valence-electron chi connectivity index (χ4n) is 1.75. The van der Waals surface area contributed by atoms with E-state index in [0.29, 0.717) is 5.25 Å². The normalized spacial score (nSPS) is 21.3. The summed E-state index contributed by atoms with van der Waals surface area (Å²) in [5.41, 5.74) is 0. The average Bonchev–Trinajstić information content (AvgIpc) is 2.31. The summed E-state index contributed by atoms with van der Waals surface area (Å²) in [7, 11) is 0. The first-order valence-electron chi connectivity index (χ1n) is 5.58. The fourth-order valence-corrected chi connectivity index (χ4v) is 3.00. The topological polar surface area (TPSA) is 37.8 Å². The monoisotopic (exact) mass is 223 g/mol. The summed E-state index contributed by atoms with van der Waals surface area (Å²) in [6.07, 6.45) is 5.73. The van der Waals surface area contributed by atoms with E-state index in [-0.39, 0.29) is 0 Å². The molecule has 1 N–H and O–H groups in total. The molecule has 0 aliphatic carbocycles. The number of hydrogen-bond acceptors (Lipinski definition) is 4. The number of nitrogens with one attached hydrogen (secondary N) is 1. The van der Waals surface area contributed by atoms with E-state index >= 15 is 0 Å². The SMILES string of the molecule is CCNc1ccnc(C2CCCCS2)n1. The van der Waals surface area contributed by atoms with Crippen molar-refractivity contribution in [1.82, 2.24) is 9.97 Å². The highest BCUT2D eigenvalue weighted by atomic mass is 32.2. The van der Waals surface area contributed by atoms with Crippen molar-refractivity contribution in [1.29, 1.82) is 0 Å². The molecule has 0 bridgehead atoms. The summed E-state index contributed by atoms with van der Waals surface area (Å²) in [5.74, 6) is 3.20. The Morgan fingerprint density at radius 2 is 2.47 bits per heavy atom. The van der Waals surface area contributed by atoms with Crippen molar-refractivity contribution in [2.45, 2.75) is 31.4 Å². The minimum absolute atomic E-state index is 0.511. The van der Waals surface area contributed by atoms with Crippen molar-refractivity contribution in [2.75, 3.05) is 17.6 Å². The zero-order valence-electron chi connectivity index (χ0n) is 9.07. The van der Waals surface area contributed by atoms with Crippen LogP contribution in [0.15, 0.2) is 12.3 Å². The smallest absolute Gasteiger partial charge is 0.143 e. The Bertz CT molecular complexity index is 310. The van der Waals surface area contributed by atoms with E-state index in [1.54, 1.807) is 0 Å². The van der Waals surface area contributed by atoms with E-state index in [0.717, 1.165) is 18.2 Å².